The van der Waals surface area contributed by atoms with Crippen LogP contribution in [0, 0.1) is 30.6 Å². The van der Waals surface area contributed by atoms with Crippen LogP contribution in [0.15, 0.2) is 78.9 Å². The molecule has 0 spiro atoms. The maximum Gasteiger partial charge on any atom is 0.302 e. The zero-order chi connectivity index (χ0) is 36.3. The molecule has 1 aliphatic rings. The van der Waals surface area contributed by atoms with Crippen LogP contribution in [0.1, 0.15) is 90.5 Å². The largest absolute Gasteiger partial charge is 0.354 e. The number of hydrogen-bond donors (Lipinski definition) is 4. The van der Waals surface area contributed by atoms with Crippen LogP contribution in [0.4, 0.5) is 5.69 Å². The summed E-state index contributed by atoms with van der Waals surface area (Å²) < 4.78 is 0. The van der Waals surface area contributed by atoms with E-state index in [9.17, 15) is 19.2 Å². The first-order valence-corrected chi connectivity index (χ1v) is 17.3. The second-order valence-corrected chi connectivity index (χ2v) is 14.0. The van der Waals surface area contributed by atoms with Crippen molar-refractivity contribution in [2.45, 2.75) is 71.5 Å². The Balaban J connectivity index is 0.00000702. The van der Waals surface area contributed by atoms with Crippen molar-refractivity contribution in [3.8, 4) is 12.3 Å². The van der Waals surface area contributed by atoms with Crippen molar-refractivity contribution in [2.75, 3.05) is 24.5 Å². The number of carbonyl (C=O) groups is 4. The van der Waals surface area contributed by atoms with Gasteiger partial charge in [0.25, 0.3) is 11.8 Å². The summed E-state index contributed by atoms with van der Waals surface area (Å²) in [5.41, 5.74) is 2.26. The zero-order valence-electron chi connectivity index (χ0n) is 29.6. The molecule has 4 rings (SSSR count). The summed E-state index contributed by atoms with van der Waals surface area (Å²) in [6, 6.07) is 22.8. The Kier molecular flexibility index (Phi) is 13.4. The molecule has 9 heteroatoms. The molecule has 271 valence electrons. The summed E-state index contributed by atoms with van der Waals surface area (Å²) in [6.45, 7) is 12.9. The molecule has 4 N–H and O–H groups in total. The number of carbonyl (C=O) groups excluding carboxylic acids is 4. The molecular formula is C41H58N5O4. The maximum absolute atomic E-state index is 14.1. The molecule has 1 fully saturated rings. The van der Waals surface area contributed by atoms with Crippen LogP contribution in [0.25, 0.3) is 0 Å². The molecule has 3 atom stereocenters. The van der Waals surface area contributed by atoms with Crippen molar-refractivity contribution in [1.82, 2.24) is 21.3 Å². The average molecular weight is 685 g/mol. The molecule has 0 heterocycles. The Morgan fingerprint density at radius 1 is 0.940 bits per heavy atom. The summed E-state index contributed by atoms with van der Waals surface area (Å²) >= 11 is 0. The van der Waals surface area contributed by atoms with Crippen LogP contribution in [-0.4, -0.2) is 55.3 Å². The molecule has 0 bridgehead atoms. The van der Waals surface area contributed by atoms with Crippen molar-refractivity contribution in [3.63, 3.8) is 0 Å². The van der Waals surface area contributed by atoms with E-state index in [1.165, 1.54) is 11.0 Å². The van der Waals surface area contributed by atoms with Gasteiger partial charge < -0.3 is 26.2 Å². The van der Waals surface area contributed by atoms with Gasteiger partial charge in [0.2, 0.25) is 5.91 Å². The minimum Gasteiger partial charge on any atom is -0.354 e. The first-order chi connectivity index (χ1) is 23.9. The predicted octanol–water partition coefficient (Wildman–Crippen LogP) is 6.22. The number of terminal acetylenes is 1. The zero-order valence-corrected chi connectivity index (χ0v) is 29.6. The number of benzene rings is 3. The lowest BCUT2D eigenvalue weighted by Crippen LogP contribution is -2.49. The summed E-state index contributed by atoms with van der Waals surface area (Å²) in [7, 11) is 0. The van der Waals surface area contributed by atoms with E-state index < -0.39 is 35.2 Å². The highest BCUT2D eigenvalue weighted by atomic mass is 16.2. The smallest absolute Gasteiger partial charge is 0.302 e. The number of nitrogens with one attached hydrogen (secondary N) is 4. The summed E-state index contributed by atoms with van der Waals surface area (Å²) in [5, 5.41) is 12.4. The fourth-order valence-electron chi connectivity index (χ4n) is 5.47. The first kappa shape index (κ1) is 37.9. The average Bonchev–Trinajstić information content (AvgIpc) is 3.96. The van der Waals surface area contributed by atoms with Crippen LogP contribution in [0.2, 0.25) is 0 Å². The van der Waals surface area contributed by atoms with Crippen molar-refractivity contribution in [1.29, 1.82) is 0 Å². The SMILES string of the molecule is C#CC(=O)N(CC(C)(C)C[CH2])c1cc(C(=O)N[C@H](CN[C@@H](C)C(=O)NCC2CC2)Cc2ccccc2)cc(C(=O)N[C@H](C)c2ccccc2)c1.[HH].[HH].[HH].[HH]. The van der Waals surface area contributed by atoms with Gasteiger partial charge in [-0.05, 0) is 86.1 Å². The van der Waals surface area contributed by atoms with Gasteiger partial charge in [0.1, 0.15) is 0 Å². The second-order valence-electron chi connectivity index (χ2n) is 14.0. The van der Waals surface area contributed by atoms with Gasteiger partial charge in [-0.25, -0.2) is 0 Å². The normalized spacial score (nSPS) is 14.4. The fourth-order valence-corrected chi connectivity index (χ4v) is 5.47. The number of rotatable bonds is 17. The van der Waals surface area contributed by atoms with E-state index in [4.69, 9.17) is 6.42 Å². The Labute approximate surface area is 302 Å². The van der Waals surface area contributed by atoms with Crippen molar-refractivity contribution < 1.29 is 24.9 Å². The maximum atomic E-state index is 14.1. The van der Waals surface area contributed by atoms with Gasteiger partial charge in [-0.15, -0.1) is 6.42 Å². The molecule has 0 aromatic heterocycles. The molecule has 9 nitrogen and oxygen atoms in total. The summed E-state index contributed by atoms with van der Waals surface area (Å²) in [5.74, 6) is 1.25. The van der Waals surface area contributed by atoms with Crippen LogP contribution in [-0.2, 0) is 16.0 Å². The lowest BCUT2D eigenvalue weighted by atomic mass is 9.89. The van der Waals surface area contributed by atoms with Crippen LogP contribution in [0.3, 0.4) is 0 Å². The van der Waals surface area contributed by atoms with Crippen molar-refractivity contribution >= 4 is 29.3 Å². The van der Waals surface area contributed by atoms with Gasteiger partial charge in [0, 0.05) is 48.2 Å². The quantitative estimate of drug-likeness (QED) is 0.126. The van der Waals surface area contributed by atoms with Gasteiger partial charge in [0.15, 0.2) is 0 Å². The number of hydrogen-bond acceptors (Lipinski definition) is 5. The van der Waals surface area contributed by atoms with E-state index >= 15 is 0 Å². The van der Waals surface area contributed by atoms with E-state index in [0.717, 1.165) is 24.0 Å². The van der Waals surface area contributed by atoms with Gasteiger partial charge in [-0.1, -0.05) is 81.4 Å². The molecule has 0 aliphatic heterocycles. The third-order valence-corrected chi connectivity index (χ3v) is 9.02. The molecule has 1 aliphatic carbocycles. The van der Waals surface area contributed by atoms with Crippen LogP contribution < -0.4 is 26.2 Å². The monoisotopic (exact) mass is 684 g/mol. The Morgan fingerprint density at radius 2 is 1.54 bits per heavy atom. The highest BCUT2D eigenvalue weighted by molar-refractivity contribution is 6.08. The lowest BCUT2D eigenvalue weighted by Gasteiger charge is -2.31. The number of nitrogens with zero attached hydrogens (tertiary/aromatic N) is 1. The molecule has 1 saturated carbocycles. The molecule has 50 heavy (non-hydrogen) atoms. The minimum absolute atomic E-state index is 0. The van der Waals surface area contributed by atoms with E-state index in [-0.39, 0.29) is 35.3 Å². The molecule has 3 aromatic carbocycles. The Morgan fingerprint density at radius 3 is 2.12 bits per heavy atom. The van der Waals surface area contributed by atoms with Gasteiger partial charge in [0.05, 0.1) is 12.1 Å². The van der Waals surface area contributed by atoms with Gasteiger partial charge >= 0.3 is 5.91 Å². The van der Waals surface area contributed by atoms with Gasteiger partial charge in [-0.3, -0.25) is 19.2 Å². The third kappa shape index (κ3) is 11.3. The third-order valence-electron chi connectivity index (χ3n) is 9.02. The van der Waals surface area contributed by atoms with E-state index in [0.29, 0.717) is 37.5 Å². The highest BCUT2D eigenvalue weighted by Crippen LogP contribution is 2.28. The Bertz CT molecular complexity index is 1680. The highest BCUT2D eigenvalue weighted by Gasteiger charge is 2.27. The first-order valence-electron chi connectivity index (χ1n) is 17.3. The molecule has 0 saturated heterocycles. The fraction of sp³-hybridized carbons (Fsp3) is 0.390. The summed E-state index contributed by atoms with van der Waals surface area (Å²) in [6.07, 6.45) is 8.91. The van der Waals surface area contributed by atoms with Gasteiger partial charge in [-0.2, -0.15) is 0 Å². The van der Waals surface area contributed by atoms with E-state index in [1.54, 1.807) is 19.1 Å². The van der Waals surface area contributed by atoms with Crippen molar-refractivity contribution in [2.24, 2.45) is 11.3 Å². The number of anilines is 1. The van der Waals surface area contributed by atoms with E-state index in [1.807, 2.05) is 81.4 Å². The Hall–Kier alpha value is -4.94. The van der Waals surface area contributed by atoms with E-state index in [2.05, 4.69) is 34.1 Å². The predicted molar refractivity (Wildman–Crippen MR) is 207 cm³/mol. The molecular weight excluding hydrogens is 626 g/mol. The standard InChI is InChI=1S/C41H50N5O4.4H2/c1-7-37(47)46(27-41(5,6)8-2)36-23-33(39(49)44-28(3)32-17-13-10-14-18-32)22-34(24-36)40(50)45-35(21-30-15-11-9-12-16-30)26-42-29(4)38(48)43-25-31-19-20-31;;;;/h1,9-18,22-24,28-29,31,35,42H,2,8,19-21,25-27H2,3-6H3,(H,43,48)(H,44,49)(H,45,50);4*1H/t28-,29+,35+;;;;/m1..../s1. The molecule has 1 radical (unpaired) electrons. The van der Waals surface area contributed by atoms with Crippen LogP contribution >= 0.6 is 0 Å². The summed E-state index contributed by atoms with van der Waals surface area (Å²) in [4.78, 5) is 55.1. The molecule has 3 aromatic rings. The van der Waals surface area contributed by atoms with Crippen molar-refractivity contribution in [3.05, 3.63) is 108 Å². The van der Waals surface area contributed by atoms with Crippen LogP contribution in [0.5, 0.6) is 0 Å². The minimum atomic E-state index is -0.590. The lowest BCUT2D eigenvalue weighted by molar-refractivity contribution is -0.122. The second kappa shape index (κ2) is 17.6. The topological polar surface area (TPSA) is 120 Å². The molecule has 4 amide bonds. The molecule has 0 unspecified atom stereocenters. The number of amides is 4.